The summed E-state index contributed by atoms with van der Waals surface area (Å²) < 4.78 is 7.23. The summed E-state index contributed by atoms with van der Waals surface area (Å²) in [6.07, 6.45) is 4.91. The summed E-state index contributed by atoms with van der Waals surface area (Å²) in [7, 11) is 0. The van der Waals surface area contributed by atoms with E-state index >= 15 is 0 Å². The molecule has 0 saturated heterocycles. The van der Waals surface area contributed by atoms with Crippen molar-refractivity contribution >= 4 is 23.3 Å². The maximum Gasteiger partial charge on any atom is 0.339 e. The second kappa shape index (κ2) is 7.04. The molecule has 3 aromatic heterocycles. The van der Waals surface area contributed by atoms with Gasteiger partial charge in [-0.15, -0.1) is 0 Å². The Hall–Kier alpha value is -3.46. The van der Waals surface area contributed by atoms with Crippen LogP contribution < -0.4 is 0 Å². The summed E-state index contributed by atoms with van der Waals surface area (Å²) in [5.41, 5.74) is 2.88. The van der Waals surface area contributed by atoms with Gasteiger partial charge in [0.05, 0.1) is 17.5 Å². The molecule has 0 bridgehead atoms. The minimum absolute atomic E-state index is 0.363. The number of imidazole rings is 1. The van der Waals surface area contributed by atoms with Crippen LogP contribution in [0.4, 0.5) is 0 Å². The van der Waals surface area contributed by atoms with Crippen molar-refractivity contribution in [2.24, 2.45) is 0 Å². The van der Waals surface area contributed by atoms with E-state index in [4.69, 9.17) is 4.74 Å². The summed E-state index contributed by atoms with van der Waals surface area (Å²) in [5.74, 6) is -0.455. The third kappa shape index (κ3) is 4.21. The standard InChI is InChI=1S/C21H20N4O2/c1-14-6-5-7-16(24-14)10-18(20(26)27-21(2,3)4)15-8-9-19-23-12-17(11-22)25(19)13-15/h5-10,12-13H,1-4H3/b18-10+. The highest BCUT2D eigenvalue weighted by atomic mass is 16.6. The van der Waals surface area contributed by atoms with Crippen molar-refractivity contribution in [2.75, 3.05) is 0 Å². The Labute approximate surface area is 157 Å². The van der Waals surface area contributed by atoms with Crippen molar-refractivity contribution in [1.82, 2.24) is 14.4 Å². The SMILES string of the molecule is Cc1cccc(/C=C(/C(=O)OC(C)(C)C)c2ccc3ncc(C#N)n3c2)n1. The second-order valence-corrected chi connectivity index (χ2v) is 7.16. The van der Waals surface area contributed by atoms with Gasteiger partial charge in [0.25, 0.3) is 0 Å². The molecule has 3 heterocycles. The molecule has 6 heteroatoms. The number of hydrogen-bond acceptors (Lipinski definition) is 5. The quantitative estimate of drug-likeness (QED) is 0.524. The zero-order valence-electron chi connectivity index (χ0n) is 15.7. The number of carbonyl (C=O) groups excluding carboxylic acids is 1. The number of nitrogens with zero attached hydrogens (tertiary/aromatic N) is 4. The van der Waals surface area contributed by atoms with Crippen molar-refractivity contribution in [3.63, 3.8) is 0 Å². The topological polar surface area (TPSA) is 80.3 Å². The Bertz CT molecular complexity index is 1080. The van der Waals surface area contributed by atoms with Gasteiger partial charge < -0.3 is 4.74 Å². The molecule has 136 valence electrons. The molecule has 0 saturated carbocycles. The van der Waals surface area contributed by atoms with Crippen molar-refractivity contribution < 1.29 is 9.53 Å². The van der Waals surface area contributed by atoms with Crippen LogP contribution in [0.3, 0.4) is 0 Å². The molecule has 0 fully saturated rings. The minimum atomic E-state index is -0.632. The Morgan fingerprint density at radius 3 is 2.70 bits per heavy atom. The minimum Gasteiger partial charge on any atom is -0.456 e. The molecule has 0 aromatic carbocycles. The highest BCUT2D eigenvalue weighted by molar-refractivity contribution is 6.21. The zero-order chi connectivity index (χ0) is 19.6. The summed E-state index contributed by atoms with van der Waals surface area (Å²) in [4.78, 5) is 21.5. The fraction of sp³-hybridized carbons (Fsp3) is 0.238. The van der Waals surface area contributed by atoms with E-state index in [0.717, 1.165) is 5.69 Å². The molecule has 3 rings (SSSR count). The lowest BCUT2D eigenvalue weighted by atomic mass is 10.1. The van der Waals surface area contributed by atoms with Crippen LogP contribution in [0.25, 0.3) is 17.3 Å². The third-order valence-electron chi connectivity index (χ3n) is 3.75. The summed E-state index contributed by atoms with van der Waals surface area (Å²) >= 11 is 0. The van der Waals surface area contributed by atoms with E-state index in [1.165, 1.54) is 6.20 Å². The fourth-order valence-corrected chi connectivity index (χ4v) is 2.61. The highest BCUT2D eigenvalue weighted by Crippen LogP contribution is 2.23. The molecule has 0 aliphatic heterocycles. The molecule has 3 aromatic rings. The number of hydrogen-bond donors (Lipinski definition) is 0. The van der Waals surface area contributed by atoms with E-state index in [1.807, 2.05) is 45.9 Å². The van der Waals surface area contributed by atoms with Gasteiger partial charge in [0.15, 0.2) is 0 Å². The predicted molar refractivity (Wildman–Crippen MR) is 103 cm³/mol. The van der Waals surface area contributed by atoms with Gasteiger partial charge in [-0.3, -0.25) is 9.38 Å². The first-order valence-electron chi connectivity index (χ1n) is 8.53. The number of rotatable bonds is 3. The molecule has 0 radical (unpaired) electrons. The van der Waals surface area contributed by atoms with Gasteiger partial charge in [0.1, 0.15) is 23.0 Å². The van der Waals surface area contributed by atoms with Crippen LogP contribution in [-0.2, 0) is 9.53 Å². The zero-order valence-corrected chi connectivity index (χ0v) is 15.7. The van der Waals surface area contributed by atoms with Gasteiger partial charge >= 0.3 is 5.97 Å². The number of fused-ring (bicyclic) bond motifs is 1. The lowest BCUT2D eigenvalue weighted by molar-refractivity contribution is -0.147. The predicted octanol–water partition coefficient (Wildman–Crippen LogP) is 3.79. The normalized spacial score (nSPS) is 12.0. The molecule has 0 N–H and O–H groups in total. The average molecular weight is 360 g/mol. The largest absolute Gasteiger partial charge is 0.456 e. The second-order valence-electron chi connectivity index (χ2n) is 7.16. The van der Waals surface area contributed by atoms with Crippen molar-refractivity contribution in [1.29, 1.82) is 5.26 Å². The van der Waals surface area contributed by atoms with Gasteiger partial charge in [-0.05, 0) is 58.0 Å². The smallest absolute Gasteiger partial charge is 0.339 e. The Morgan fingerprint density at radius 2 is 2.04 bits per heavy atom. The molecule has 27 heavy (non-hydrogen) atoms. The van der Waals surface area contributed by atoms with E-state index in [0.29, 0.717) is 28.2 Å². The van der Waals surface area contributed by atoms with Crippen LogP contribution in [0.15, 0.2) is 42.7 Å². The van der Waals surface area contributed by atoms with Crippen LogP contribution in [0.1, 0.15) is 43.4 Å². The molecule has 0 atom stereocenters. The van der Waals surface area contributed by atoms with E-state index in [2.05, 4.69) is 16.0 Å². The number of pyridine rings is 2. The van der Waals surface area contributed by atoms with Crippen LogP contribution in [0.2, 0.25) is 0 Å². The first kappa shape index (κ1) is 18.3. The number of aryl methyl sites for hydroxylation is 1. The average Bonchev–Trinajstić information content (AvgIpc) is 3.00. The summed E-state index contributed by atoms with van der Waals surface area (Å²) in [5, 5.41) is 9.25. The van der Waals surface area contributed by atoms with Crippen LogP contribution in [-0.4, -0.2) is 25.9 Å². The lowest BCUT2D eigenvalue weighted by Crippen LogP contribution is -2.24. The molecule has 0 unspecified atom stereocenters. The van der Waals surface area contributed by atoms with Gasteiger partial charge in [-0.2, -0.15) is 5.26 Å². The molecular formula is C21H20N4O2. The number of nitriles is 1. The molecular weight excluding hydrogens is 340 g/mol. The highest BCUT2D eigenvalue weighted by Gasteiger charge is 2.22. The van der Waals surface area contributed by atoms with Crippen LogP contribution in [0, 0.1) is 18.3 Å². The van der Waals surface area contributed by atoms with Gasteiger partial charge in [-0.25, -0.2) is 9.78 Å². The Morgan fingerprint density at radius 1 is 1.26 bits per heavy atom. The van der Waals surface area contributed by atoms with Crippen molar-refractivity contribution in [3.05, 3.63) is 65.4 Å². The van der Waals surface area contributed by atoms with E-state index in [1.54, 1.807) is 28.8 Å². The lowest BCUT2D eigenvalue weighted by Gasteiger charge is -2.21. The Kier molecular flexibility index (Phi) is 4.78. The number of esters is 1. The Balaban J connectivity index is 2.14. The number of ether oxygens (including phenoxy) is 1. The van der Waals surface area contributed by atoms with Crippen LogP contribution in [0.5, 0.6) is 0 Å². The van der Waals surface area contributed by atoms with Crippen molar-refractivity contribution in [2.45, 2.75) is 33.3 Å². The van der Waals surface area contributed by atoms with Gasteiger partial charge in [-0.1, -0.05) is 6.07 Å². The molecule has 0 aliphatic rings. The molecule has 0 spiro atoms. The maximum absolute atomic E-state index is 12.9. The van der Waals surface area contributed by atoms with E-state index in [-0.39, 0.29) is 0 Å². The maximum atomic E-state index is 12.9. The fourth-order valence-electron chi connectivity index (χ4n) is 2.61. The third-order valence-corrected chi connectivity index (χ3v) is 3.75. The molecule has 0 amide bonds. The molecule has 6 nitrogen and oxygen atoms in total. The molecule has 0 aliphatic carbocycles. The van der Waals surface area contributed by atoms with Crippen molar-refractivity contribution in [3.8, 4) is 6.07 Å². The monoisotopic (exact) mass is 360 g/mol. The van der Waals surface area contributed by atoms with E-state index < -0.39 is 11.6 Å². The summed E-state index contributed by atoms with van der Waals surface area (Å²) in [6.45, 7) is 7.35. The van der Waals surface area contributed by atoms with Gasteiger partial charge in [0.2, 0.25) is 0 Å². The first-order valence-corrected chi connectivity index (χ1v) is 8.53. The van der Waals surface area contributed by atoms with E-state index in [9.17, 15) is 10.1 Å². The van der Waals surface area contributed by atoms with Crippen LogP contribution >= 0.6 is 0 Å². The summed E-state index contributed by atoms with van der Waals surface area (Å²) in [6, 6.07) is 11.2. The first-order chi connectivity index (χ1) is 12.8. The number of aromatic nitrogens is 3. The number of carbonyl (C=O) groups is 1. The van der Waals surface area contributed by atoms with Gasteiger partial charge in [0, 0.05) is 17.5 Å².